The smallest absolute Gasteiger partial charge is 0.350 e. The van der Waals surface area contributed by atoms with Crippen LogP contribution in [0.15, 0.2) is 54.1 Å². The van der Waals surface area contributed by atoms with Gasteiger partial charge in [-0.15, -0.1) is 0 Å². The summed E-state index contributed by atoms with van der Waals surface area (Å²) in [5.41, 5.74) is 1.94. The zero-order valence-electron chi connectivity index (χ0n) is 18.7. The average Bonchev–Trinajstić information content (AvgIpc) is 3.31. The van der Waals surface area contributed by atoms with Crippen LogP contribution >= 0.6 is 11.3 Å². The molecule has 1 N–H and O–H groups in total. The molecule has 0 radical (unpaired) electrons. The van der Waals surface area contributed by atoms with Gasteiger partial charge in [0.15, 0.2) is 5.13 Å². The molecule has 1 atom stereocenters. The Morgan fingerprint density at radius 3 is 2.38 bits per heavy atom. The number of aliphatic hydroxyl groups is 1. The van der Waals surface area contributed by atoms with Crippen LogP contribution in [0.25, 0.3) is 5.76 Å². The summed E-state index contributed by atoms with van der Waals surface area (Å²) >= 11 is 0.937. The Hall–Kier alpha value is -3.85. The standard InChI is InChI=1S/C25H21FN2O5S/c1-4-33-24(32)22-14(3)27-25(34-22)28-19(15-7-5-13(2)6-8-15)18(21(30)23(28)31)20(29)16-9-11-17(26)12-10-16/h5-12,19,29H,4H2,1-3H3/b20-18+. The van der Waals surface area contributed by atoms with E-state index in [0.717, 1.165) is 29.0 Å². The van der Waals surface area contributed by atoms with Gasteiger partial charge in [0.05, 0.1) is 23.9 Å². The molecule has 1 aromatic heterocycles. The first-order valence-corrected chi connectivity index (χ1v) is 11.3. The molecule has 7 nitrogen and oxygen atoms in total. The Balaban J connectivity index is 1.90. The van der Waals surface area contributed by atoms with Crippen molar-refractivity contribution in [2.24, 2.45) is 0 Å². The highest BCUT2D eigenvalue weighted by Gasteiger charge is 2.48. The fourth-order valence-electron chi connectivity index (χ4n) is 3.73. The van der Waals surface area contributed by atoms with Gasteiger partial charge in [0, 0.05) is 5.56 Å². The maximum atomic E-state index is 13.4. The molecule has 1 unspecified atom stereocenters. The molecule has 4 rings (SSSR count). The van der Waals surface area contributed by atoms with Crippen molar-refractivity contribution < 1.29 is 28.6 Å². The third-order valence-corrected chi connectivity index (χ3v) is 6.54. The van der Waals surface area contributed by atoms with Crippen LogP contribution in [0.1, 0.15) is 45.0 Å². The van der Waals surface area contributed by atoms with Crippen molar-refractivity contribution in [2.75, 3.05) is 11.5 Å². The van der Waals surface area contributed by atoms with Gasteiger partial charge in [-0.25, -0.2) is 14.2 Å². The minimum atomic E-state index is -0.994. The molecule has 0 bridgehead atoms. The van der Waals surface area contributed by atoms with Crippen LogP contribution in [0.5, 0.6) is 0 Å². The normalized spacial score (nSPS) is 17.3. The number of aromatic nitrogens is 1. The molecular formula is C25H21FN2O5S. The summed E-state index contributed by atoms with van der Waals surface area (Å²) in [6.07, 6.45) is 0. The average molecular weight is 481 g/mol. The van der Waals surface area contributed by atoms with E-state index in [9.17, 15) is 23.9 Å². The summed E-state index contributed by atoms with van der Waals surface area (Å²) in [4.78, 5) is 44.4. The molecule has 1 aliphatic rings. The number of Topliss-reactive ketones (excluding diaryl/α,β-unsaturated/α-hetero) is 1. The Morgan fingerprint density at radius 2 is 1.76 bits per heavy atom. The van der Waals surface area contributed by atoms with Gasteiger partial charge in [0.1, 0.15) is 16.5 Å². The Morgan fingerprint density at radius 1 is 1.12 bits per heavy atom. The zero-order chi connectivity index (χ0) is 24.6. The fourth-order valence-corrected chi connectivity index (χ4v) is 4.72. The molecule has 1 aliphatic heterocycles. The summed E-state index contributed by atoms with van der Waals surface area (Å²) in [7, 11) is 0. The van der Waals surface area contributed by atoms with Gasteiger partial charge in [-0.2, -0.15) is 0 Å². The van der Waals surface area contributed by atoms with E-state index in [1.54, 1.807) is 26.0 Å². The third kappa shape index (κ3) is 4.10. The van der Waals surface area contributed by atoms with E-state index in [1.807, 2.05) is 19.1 Å². The summed E-state index contributed by atoms with van der Waals surface area (Å²) in [6.45, 7) is 5.37. The fraction of sp³-hybridized carbons (Fsp3) is 0.200. The molecule has 0 saturated carbocycles. The minimum absolute atomic E-state index is 0.131. The van der Waals surface area contributed by atoms with Crippen molar-refractivity contribution >= 4 is 39.9 Å². The molecule has 0 aliphatic carbocycles. The van der Waals surface area contributed by atoms with Crippen LogP contribution in [0.4, 0.5) is 9.52 Å². The lowest BCUT2D eigenvalue weighted by atomic mass is 9.95. The zero-order valence-corrected chi connectivity index (χ0v) is 19.5. The molecular weight excluding hydrogens is 459 g/mol. The van der Waals surface area contributed by atoms with Gasteiger partial charge in [0.2, 0.25) is 0 Å². The third-order valence-electron chi connectivity index (χ3n) is 5.41. The van der Waals surface area contributed by atoms with Crippen LogP contribution in [-0.2, 0) is 14.3 Å². The molecule has 3 aromatic rings. The lowest BCUT2D eigenvalue weighted by molar-refractivity contribution is -0.132. The topological polar surface area (TPSA) is 96.8 Å². The summed E-state index contributed by atoms with van der Waals surface area (Å²) in [5, 5.41) is 11.2. The minimum Gasteiger partial charge on any atom is -0.507 e. The maximum absolute atomic E-state index is 13.4. The Bertz CT molecular complexity index is 1310. The summed E-state index contributed by atoms with van der Waals surface area (Å²) in [6, 6.07) is 11.1. The van der Waals surface area contributed by atoms with Gasteiger partial charge < -0.3 is 9.84 Å². The van der Waals surface area contributed by atoms with Crippen molar-refractivity contribution in [2.45, 2.75) is 26.8 Å². The highest BCUT2D eigenvalue weighted by Crippen LogP contribution is 2.44. The number of anilines is 1. The quantitative estimate of drug-likeness (QED) is 0.246. The van der Waals surface area contributed by atoms with Gasteiger partial charge in [-0.1, -0.05) is 41.2 Å². The summed E-state index contributed by atoms with van der Waals surface area (Å²) < 4.78 is 18.5. The number of nitrogens with zero attached hydrogens (tertiary/aromatic N) is 2. The number of aryl methyl sites for hydroxylation is 2. The molecule has 2 heterocycles. The van der Waals surface area contributed by atoms with Crippen molar-refractivity contribution in [3.63, 3.8) is 0 Å². The Labute approximate surface area is 199 Å². The van der Waals surface area contributed by atoms with E-state index in [1.165, 1.54) is 17.0 Å². The van der Waals surface area contributed by atoms with Crippen LogP contribution in [-0.4, -0.2) is 34.4 Å². The van der Waals surface area contributed by atoms with E-state index < -0.39 is 35.3 Å². The molecule has 0 spiro atoms. The second kappa shape index (κ2) is 9.18. The molecule has 1 fully saturated rings. The van der Waals surface area contributed by atoms with Crippen LogP contribution in [0, 0.1) is 19.7 Å². The SMILES string of the molecule is CCOC(=O)c1sc(N2C(=O)C(=O)/C(=C(/O)c3ccc(F)cc3)C2c2ccc(C)cc2)nc1C. The highest BCUT2D eigenvalue weighted by molar-refractivity contribution is 7.17. The second-order valence-electron chi connectivity index (χ2n) is 7.72. The van der Waals surface area contributed by atoms with Crippen molar-refractivity contribution in [3.05, 3.63) is 87.2 Å². The molecule has 174 valence electrons. The predicted octanol–water partition coefficient (Wildman–Crippen LogP) is 4.70. The van der Waals surface area contributed by atoms with Gasteiger partial charge in [-0.05, 0) is 50.6 Å². The van der Waals surface area contributed by atoms with E-state index >= 15 is 0 Å². The summed E-state index contributed by atoms with van der Waals surface area (Å²) in [5.74, 6) is -3.29. The predicted molar refractivity (Wildman–Crippen MR) is 125 cm³/mol. The molecule has 1 amide bonds. The number of hydrogen-bond acceptors (Lipinski definition) is 7. The molecule has 1 saturated heterocycles. The highest BCUT2D eigenvalue weighted by atomic mass is 32.1. The van der Waals surface area contributed by atoms with Crippen LogP contribution < -0.4 is 4.90 Å². The molecule has 9 heteroatoms. The van der Waals surface area contributed by atoms with Gasteiger partial charge >= 0.3 is 11.9 Å². The number of rotatable bonds is 5. The number of hydrogen-bond donors (Lipinski definition) is 1. The van der Waals surface area contributed by atoms with Crippen LogP contribution in [0.2, 0.25) is 0 Å². The number of amides is 1. The number of benzene rings is 2. The second-order valence-corrected chi connectivity index (χ2v) is 8.70. The largest absolute Gasteiger partial charge is 0.507 e. The first-order chi connectivity index (χ1) is 16.2. The number of thiazole rings is 1. The van der Waals surface area contributed by atoms with E-state index in [0.29, 0.717) is 11.3 Å². The van der Waals surface area contributed by atoms with Crippen molar-refractivity contribution in [3.8, 4) is 0 Å². The number of ketones is 1. The van der Waals surface area contributed by atoms with E-state index in [4.69, 9.17) is 4.74 Å². The van der Waals surface area contributed by atoms with Gasteiger partial charge in [-0.3, -0.25) is 14.5 Å². The lowest BCUT2D eigenvalue weighted by Gasteiger charge is -2.23. The van der Waals surface area contributed by atoms with Crippen molar-refractivity contribution in [1.82, 2.24) is 4.98 Å². The molecule has 2 aromatic carbocycles. The monoisotopic (exact) mass is 480 g/mol. The lowest BCUT2D eigenvalue weighted by Crippen LogP contribution is -2.29. The Kier molecular flexibility index (Phi) is 6.30. The number of esters is 1. The van der Waals surface area contributed by atoms with Crippen molar-refractivity contribution in [1.29, 1.82) is 0 Å². The van der Waals surface area contributed by atoms with E-state index in [2.05, 4.69) is 4.98 Å². The van der Waals surface area contributed by atoms with E-state index in [-0.39, 0.29) is 27.8 Å². The van der Waals surface area contributed by atoms with Crippen LogP contribution in [0.3, 0.4) is 0 Å². The first kappa shape index (κ1) is 23.3. The first-order valence-electron chi connectivity index (χ1n) is 10.5. The number of aliphatic hydroxyl groups excluding tert-OH is 1. The number of ether oxygens (including phenoxy) is 1. The van der Waals surface area contributed by atoms with Gasteiger partial charge in [0.25, 0.3) is 5.78 Å². The number of carbonyl (C=O) groups excluding carboxylic acids is 3. The molecule has 34 heavy (non-hydrogen) atoms. The number of halogens is 1. The maximum Gasteiger partial charge on any atom is 0.350 e. The number of carbonyl (C=O) groups is 3.